The van der Waals surface area contributed by atoms with Crippen molar-refractivity contribution in [1.82, 2.24) is 5.32 Å². The standard InChI is InChI=1S/C16H23ClFNO/c1-16(13-4-5-13,11-19-7-8-20-2)10-12-3-6-14(17)15(18)9-12/h3,6,9,13,19H,4-5,7-8,10-11H2,1-2H3. The van der Waals surface area contributed by atoms with E-state index in [4.69, 9.17) is 16.3 Å². The Morgan fingerprint density at radius 1 is 1.45 bits per heavy atom. The van der Waals surface area contributed by atoms with Crippen LogP contribution in [0.5, 0.6) is 0 Å². The second-order valence-corrected chi connectivity index (χ2v) is 6.43. The van der Waals surface area contributed by atoms with Crippen LogP contribution in [0.4, 0.5) is 4.39 Å². The highest BCUT2D eigenvalue weighted by atomic mass is 35.5. The summed E-state index contributed by atoms with van der Waals surface area (Å²) in [6.07, 6.45) is 3.43. The molecule has 0 amide bonds. The second-order valence-electron chi connectivity index (χ2n) is 6.02. The van der Waals surface area contributed by atoms with Gasteiger partial charge in [0.25, 0.3) is 0 Å². The van der Waals surface area contributed by atoms with E-state index in [0.717, 1.165) is 37.6 Å². The molecular formula is C16H23ClFNO. The topological polar surface area (TPSA) is 21.3 Å². The van der Waals surface area contributed by atoms with Gasteiger partial charge in [0.1, 0.15) is 5.82 Å². The van der Waals surface area contributed by atoms with Crippen LogP contribution in [0, 0.1) is 17.2 Å². The van der Waals surface area contributed by atoms with E-state index in [1.54, 1.807) is 19.2 Å². The molecule has 1 aromatic rings. The first-order valence-electron chi connectivity index (χ1n) is 7.19. The summed E-state index contributed by atoms with van der Waals surface area (Å²) in [7, 11) is 1.71. The molecule has 1 aliphatic rings. The van der Waals surface area contributed by atoms with Crippen LogP contribution in [0.15, 0.2) is 18.2 Å². The molecule has 1 aliphatic carbocycles. The third-order valence-electron chi connectivity index (χ3n) is 4.17. The fourth-order valence-corrected chi connectivity index (χ4v) is 2.91. The Labute approximate surface area is 125 Å². The summed E-state index contributed by atoms with van der Waals surface area (Å²) < 4.78 is 18.6. The molecule has 2 rings (SSSR count). The van der Waals surface area contributed by atoms with Crippen LogP contribution in [-0.2, 0) is 11.2 Å². The average molecular weight is 300 g/mol. The number of hydrogen-bond donors (Lipinski definition) is 1. The van der Waals surface area contributed by atoms with Gasteiger partial charge in [0, 0.05) is 20.2 Å². The van der Waals surface area contributed by atoms with Gasteiger partial charge >= 0.3 is 0 Å². The average Bonchev–Trinajstić information content (AvgIpc) is 3.24. The first-order chi connectivity index (χ1) is 9.55. The van der Waals surface area contributed by atoms with Crippen molar-refractivity contribution in [3.63, 3.8) is 0 Å². The van der Waals surface area contributed by atoms with Crippen LogP contribution in [0.1, 0.15) is 25.3 Å². The number of ether oxygens (including phenoxy) is 1. The van der Waals surface area contributed by atoms with Gasteiger partial charge in [-0.2, -0.15) is 0 Å². The van der Waals surface area contributed by atoms with E-state index >= 15 is 0 Å². The van der Waals surface area contributed by atoms with Gasteiger partial charge in [0.2, 0.25) is 0 Å². The van der Waals surface area contributed by atoms with E-state index in [-0.39, 0.29) is 16.3 Å². The van der Waals surface area contributed by atoms with Crippen molar-refractivity contribution in [2.24, 2.45) is 11.3 Å². The van der Waals surface area contributed by atoms with Gasteiger partial charge in [-0.05, 0) is 48.3 Å². The molecule has 0 heterocycles. The summed E-state index contributed by atoms with van der Waals surface area (Å²) in [6, 6.07) is 5.15. The largest absolute Gasteiger partial charge is 0.383 e. The van der Waals surface area contributed by atoms with Crippen molar-refractivity contribution < 1.29 is 9.13 Å². The summed E-state index contributed by atoms with van der Waals surface area (Å²) in [5.41, 5.74) is 1.20. The van der Waals surface area contributed by atoms with Crippen LogP contribution in [0.25, 0.3) is 0 Å². The van der Waals surface area contributed by atoms with Crippen LogP contribution in [0.2, 0.25) is 5.02 Å². The Morgan fingerprint density at radius 2 is 2.20 bits per heavy atom. The Morgan fingerprint density at radius 3 is 2.80 bits per heavy atom. The summed E-state index contributed by atoms with van der Waals surface area (Å²) in [4.78, 5) is 0. The van der Waals surface area contributed by atoms with Gasteiger partial charge in [-0.25, -0.2) is 4.39 Å². The van der Waals surface area contributed by atoms with Gasteiger partial charge in [-0.15, -0.1) is 0 Å². The molecule has 0 aromatic heterocycles. The molecular weight excluding hydrogens is 277 g/mol. The third kappa shape index (κ3) is 4.18. The quantitative estimate of drug-likeness (QED) is 0.740. The van der Waals surface area contributed by atoms with E-state index in [1.807, 2.05) is 6.07 Å². The Kier molecular flexibility index (Phi) is 5.42. The van der Waals surface area contributed by atoms with Gasteiger partial charge < -0.3 is 10.1 Å². The molecule has 112 valence electrons. The second kappa shape index (κ2) is 6.88. The molecule has 1 unspecified atom stereocenters. The van der Waals surface area contributed by atoms with Crippen molar-refractivity contribution in [3.8, 4) is 0 Å². The number of rotatable bonds is 8. The van der Waals surface area contributed by atoms with Crippen molar-refractivity contribution in [2.45, 2.75) is 26.2 Å². The van der Waals surface area contributed by atoms with Crippen molar-refractivity contribution in [1.29, 1.82) is 0 Å². The number of nitrogens with one attached hydrogen (secondary N) is 1. The number of hydrogen-bond acceptors (Lipinski definition) is 2. The minimum absolute atomic E-state index is 0.175. The van der Waals surface area contributed by atoms with Crippen molar-refractivity contribution >= 4 is 11.6 Å². The maximum Gasteiger partial charge on any atom is 0.142 e. The van der Waals surface area contributed by atoms with Crippen LogP contribution in [0.3, 0.4) is 0 Å². The van der Waals surface area contributed by atoms with Crippen LogP contribution >= 0.6 is 11.6 Å². The predicted octanol–water partition coefficient (Wildman–Crippen LogP) is 3.67. The molecule has 0 bridgehead atoms. The Balaban J connectivity index is 1.98. The van der Waals surface area contributed by atoms with E-state index in [2.05, 4.69) is 12.2 Å². The van der Waals surface area contributed by atoms with Gasteiger partial charge in [0.05, 0.1) is 11.6 Å². The lowest BCUT2D eigenvalue weighted by atomic mass is 9.79. The highest BCUT2D eigenvalue weighted by Crippen LogP contribution is 2.47. The molecule has 1 N–H and O–H groups in total. The summed E-state index contributed by atoms with van der Waals surface area (Å²) >= 11 is 5.74. The van der Waals surface area contributed by atoms with Crippen molar-refractivity contribution in [2.75, 3.05) is 26.8 Å². The lowest BCUT2D eigenvalue weighted by molar-refractivity contribution is 0.187. The lowest BCUT2D eigenvalue weighted by Gasteiger charge is -2.30. The number of benzene rings is 1. The first kappa shape index (κ1) is 15.7. The zero-order valence-electron chi connectivity index (χ0n) is 12.2. The molecule has 0 spiro atoms. The highest BCUT2D eigenvalue weighted by Gasteiger charge is 2.41. The van der Waals surface area contributed by atoms with Gasteiger partial charge in [-0.3, -0.25) is 0 Å². The maximum atomic E-state index is 13.6. The fraction of sp³-hybridized carbons (Fsp3) is 0.625. The molecule has 0 saturated heterocycles. The predicted molar refractivity (Wildman–Crippen MR) is 80.7 cm³/mol. The first-order valence-corrected chi connectivity index (χ1v) is 7.56. The monoisotopic (exact) mass is 299 g/mol. The molecule has 2 nitrogen and oxygen atoms in total. The van der Waals surface area contributed by atoms with E-state index in [0.29, 0.717) is 0 Å². The van der Waals surface area contributed by atoms with Gasteiger partial charge in [-0.1, -0.05) is 24.6 Å². The van der Waals surface area contributed by atoms with Crippen molar-refractivity contribution in [3.05, 3.63) is 34.6 Å². The molecule has 1 atom stereocenters. The molecule has 4 heteroatoms. The Bertz CT molecular complexity index is 450. The molecule has 1 aromatic carbocycles. The van der Waals surface area contributed by atoms with Gasteiger partial charge in [0.15, 0.2) is 0 Å². The van der Waals surface area contributed by atoms with E-state index < -0.39 is 0 Å². The molecule has 0 radical (unpaired) electrons. The zero-order valence-corrected chi connectivity index (χ0v) is 13.0. The highest BCUT2D eigenvalue weighted by molar-refractivity contribution is 6.30. The maximum absolute atomic E-state index is 13.6. The van der Waals surface area contributed by atoms with Crippen LogP contribution < -0.4 is 5.32 Å². The summed E-state index contributed by atoms with van der Waals surface area (Å²) in [6.45, 7) is 4.80. The summed E-state index contributed by atoms with van der Waals surface area (Å²) in [5, 5.41) is 3.64. The van der Waals surface area contributed by atoms with Crippen LogP contribution in [-0.4, -0.2) is 26.8 Å². The third-order valence-corrected chi connectivity index (χ3v) is 4.47. The minimum atomic E-state index is -0.324. The minimum Gasteiger partial charge on any atom is -0.383 e. The molecule has 1 saturated carbocycles. The SMILES string of the molecule is COCCNCC(C)(Cc1ccc(Cl)c(F)c1)C1CC1. The molecule has 1 fully saturated rings. The molecule has 20 heavy (non-hydrogen) atoms. The number of halogens is 2. The molecule has 0 aliphatic heterocycles. The summed E-state index contributed by atoms with van der Waals surface area (Å²) in [5.74, 6) is 0.408. The zero-order chi connectivity index (χ0) is 14.6. The lowest BCUT2D eigenvalue weighted by Crippen LogP contribution is -2.37. The van der Waals surface area contributed by atoms with E-state index in [9.17, 15) is 4.39 Å². The normalized spacial score (nSPS) is 18.0. The Hall–Kier alpha value is -0.640. The number of methoxy groups -OCH3 is 1. The van der Waals surface area contributed by atoms with E-state index in [1.165, 1.54) is 12.8 Å². The fourth-order valence-electron chi connectivity index (χ4n) is 2.80. The smallest absolute Gasteiger partial charge is 0.142 e.